The summed E-state index contributed by atoms with van der Waals surface area (Å²) in [5.41, 5.74) is 2.11. The van der Waals surface area contributed by atoms with Gasteiger partial charge in [-0.05, 0) is 43.4 Å². The maximum atomic E-state index is 11.0. The molecule has 7 heteroatoms. The lowest BCUT2D eigenvalue weighted by molar-refractivity contribution is -0.134. The van der Waals surface area contributed by atoms with Crippen LogP contribution in [0.1, 0.15) is 23.3 Å². The number of aliphatic carboxylic acids is 1. The molecule has 0 fully saturated rings. The van der Waals surface area contributed by atoms with Crippen LogP contribution in [0.3, 0.4) is 0 Å². The molecule has 0 spiro atoms. The molecule has 3 aromatic rings. The number of rotatable bonds is 4. The highest BCUT2D eigenvalue weighted by atomic mass is 32.1. The van der Waals surface area contributed by atoms with Crippen LogP contribution in [0, 0.1) is 0 Å². The number of anilines is 1. The smallest absolute Gasteiger partial charge is 0.322 e. The summed E-state index contributed by atoms with van der Waals surface area (Å²) in [6.45, 7) is -0.163. The van der Waals surface area contributed by atoms with Crippen molar-refractivity contribution in [1.29, 1.82) is 0 Å². The molecular weight excluding hydrogens is 324 g/mol. The third-order valence-electron chi connectivity index (χ3n) is 4.14. The SMILES string of the molecule is O=C(O)CNc1nc(-c2cccnc2)nc2sc3c(c12)CCCC3. The van der Waals surface area contributed by atoms with E-state index in [1.54, 1.807) is 23.7 Å². The van der Waals surface area contributed by atoms with Crippen LogP contribution in [-0.4, -0.2) is 32.6 Å². The topological polar surface area (TPSA) is 88.0 Å². The van der Waals surface area contributed by atoms with Crippen LogP contribution < -0.4 is 5.32 Å². The number of hydrogen-bond donors (Lipinski definition) is 2. The fourth-order valence-corrected chi connectivity index (χ4v) is 4.33. The van der Waals surface area contributed by atoms with E-state index in [0.29, 0.717) is 11.6 Å². The van der Waals surface area contributed by atoms with Gasteiger partial charge in [-0.2, -0.15) is 0 Å². The summed E-state index contributed by atoms with van der Waals surface area (Å²) in [7, 11) is 0. The summed E-state index contributed by atoms with van der Waals surface area (Å²) in [5, 5.41) is 13.0. The maximum absolute atomic E-state index is 11.0. The van der Waals surface area contributed by atoms with E-state index in [0.717, 1.165) is 35.0 Å². The summed E-state index contributed by atoms with van der Waals surface area (Å²) in [5.74, 6) is 0.275. The zero-order valence-electron chi connectivity index (χ0n) is 13.0. The largest absolute Gasteiger partial charge is 0.480 e. The van der Waals surface area contributed by atoms with Gasteiger partial charge in [0.2, 0.25) is 0 Å². The van der Waals surface area contributed by atoms with Gasteiger partial charge in [0.05, 0.1) is 5.39 Å². The van der Waals surface area contributed by atoms with Crippen molar-refractivity contribution in [3.05, 3.63) is 35.0 Å². The minimum atomic E-state index is -0.909. The first-order valence-corrected chi connectivity index (χ1v) is 8.72. The Hall–Kier alpha value is -2.54. The number of carbonyl (C=O) groups is 1. The number of carboxylic acids is 1. The van der Waals surface area contributed by atoms with Crippen molar-refractivity contribution < 1.29 is 9.90 Å². The quantitative estimate of drug-likeness (QED) is 0.759. The third-order valence-corrected chi connectivity index (χ3v) is 5.33. The number of nitrogens with one attached hydrogen (secondary N) is 1. The Morgan fingerprint density at radius 3 is 2.96 bits per heavy atom. The highest BCUT2D eigenvalue weighted by Crippen LogP contribution is 2.39. The van der Waals surface area contributed by atoms with Crippen molar-refractivity contribution in [2.75, 3.05) is 11.9 Å². The average Bonchev–Trinajstić information content (AvgIpc) is 2.99. The second kappa shape index (κ2) is 6.16. The molecule has 1 aliphatic carbocycles. The Bertz CT molecular complexity index is 908. The van der Waals surface area contributed by atoms with Crippen molar-refractivity contribution in [3.8, 4) is 11.4 Å². The predicted octanol–water partition coefficient (Wildman–Crippen LogP) is 3.13. The Labute approximate surface area is 142 Å². The van der Waals surface area contributed by atoms with E-state index in [1.807, 2.05) is 12.1 Å². The molecule has 0 radical (unpaired) electrons. The Balaban J connectivity index is 1.89. The number of thiophene rings is 1. The van der Waals surface area contributed by atoms with E-state index in [1.165, 1.54) is 16.9 Å². The predicted molar refractivity (Wildman–Crippen MR) is 93.4 cm³/mol. The number of aromatic nitrogens is 3. The van der Waals surface area contributed by atoms with Crippen molar-refractivity contribution >= 4 is 33.3 Å². The molecule has 0 saturated carbocycles. The molecule has 0 unspecified atom stereocenters. The van der Waals surface area contributed by atoms with E-state index in [2.05, 4.69) is 15.3 Å². The molecule has 0 amide bonds. The molecular formula is C17H16N4O2S. The molecule has 0 atom stereocenters. The van der Waals surface area contributed by atoms with E-state index in [9.17, 15) is 4.79 Å². The van der Waals surface area contributed by atoms with Crippen LogP contribution in [0.2, 0.25) is 0 Å². The standard InChI is InChI=1S/C17H16N4O2S/c22-13(23)9-19-16-14-11-5-1-2-6-12(11)24-17(14)21-15(20-16)10-4-3-7-18-8-10/h3-4,7-8H,1-2,5-6,9H2,(H,22,23)(H,19,20,21). The first kappa shape index (κ1) is 15.0. The molecule has 0 bridgehead atoms. The van der Waals surface area contributed by atoms with Gasteiger partial charge in [-0.1, -0.05) is 0 Å². The van der Waals surface area contributed by atoms with Crippen LogP contribution in [0.15, 0.2) is 24.5 Å². The van der Waals surface area contributed by atoms with Crippen molar-refractivity contribution in [1.82, 2.24) is 15.0 Å². The fourth-order valence-electron chi connectivity index (χ4n) is 3.07. The molecule has 3 heterocycles. The zero-order valence-corrected chi connectivity index (χ0v) is 13.8. The van der Waals surface area contributed by atoms with Gasteiger partial charge in [-0.3, -0.25) is 9.78 Å². The molecule has 2 N–H and O–H groups in total. The monoisotopic (exact) mass is 340 g/mol. The lowest BCUT2D eigenvalue weighted by Crippen LogP contribution is -2.14. The van der Waals surface area contributed by atoms with Crippen molar-refractivity contribution in [2.24, 2.45) is 0 Å². The van der Waals surface area contributed by atoms with Gasteiger partial charge in [-0.25, -0.2) is 9.97 Å². The molecule has 3 aromatic heterocycles. The molecule has 0 saturated heterocycles. The molecule has 0 aromatic carbocycles. The number of aryl methyl sites for hydroxylation is 2. The normalized spacial score (nSPS) is 13.7. The van der Waals surface area contributed by atoms with Crippen molar-refractivity contribution in [2.45, 2.75) is 25.7 Å². The third kappa shape index (κ3) is 2.71. The molecule has 6 nitrogen and oxygen atoms in total. The summed E-state index contributed by atoms with van der Waals surface area (Å²) in [6.07, 6.45) is 7.84. The average molecular weight is 340 g/mol. The van der Waals surface area contributed by atoms with Gasteiger partial charge in [-0.15, -0.1) is 11.3 Å². The lowest BCUT2D eigenvalue weighted by Gasteiger charge is -2.12. The van der Waals surface area contributed by atoms with Crippen LogP contribution in [0.25, 0.3) is 21.6 Å². The Morgan fingerprint density at radius 2 is 2.17 bits per heavy atom. The van der Waals surface area contributed by atoms with Gasteiger partial charge in [0.15, 0.2) is 5.82 Å². The summed E-state index contributed by atoms with van der Waals surface area (Å²) >= 11 is 1.70. The highest BCUT2D eigenvalue weighted by molar-refractivity contribution is 7.19. The van der Waals surface area contributed by atoms with Gasteiger partial charge in [0, 0.05) is 22.8 Å². The van der Waals surface area contributed by atoms with Gasteiger partial charge < -0.3 is 10.4 Å². The van der Waals surface area contributed by atoms with Crippen LogP contribution >= 0.6 is 11.3 Å². The number of fused-ring (bicyclic) bond motifs is 3. The van der Waals surface area contributed by atoms with Gasteiger partial charge >= 0.3 is 5.97 Å². The molecule has 4 rings (SSSR count). The fraction of sp³-hybridized carbons (Fsp3) is 0.294. The second-order valence-electron chi connectivity index (χ2n) is 5.78. The van der Waals surface area contributed by atoms with Crippen molar-refractivity contribution in [3.63, 3.8) is 0 Å². The zero-order chi connectivity index (χ0) is 16.5. The molecule has 122 valence electrons. The van der Waals surface area contributed by atoms with Crippen LogP contribution in [-0.2, 0) is 17.6 Å². The summed E-state index contributed by atoms with van der Waals surface area (Å²) in [4.78, 5) is 26.7. The van der Waals surface area contributed by atoms with E-state index in [-0.39, 0.29) is 6.54 Å². The molecule has 24 heavy (non-hydrogen) atoms. The first-order valence-electron chi connectivity index (χ1n) is 7.91. The van der Waals surface area contributed by atoms with Gasteiger partial charge in [0.25, 0.3) is 0 Å². The first-order chi connectivity index (χ1) is 11.7. The van der Waals surface area contributed by atoms with E-state index >= 15 is 0 Å². The maximum Gasteiger partial charge on any atom is 0.322 e. The number of carboxylic acid groups (broad SMARTS) is 1. The molecule has 1 aliphatic rings. The van der Waals surface area contributed by atoms with E-state index < -0.39 is 5.97 Å². The van der Waals surface area contributed by atoms with E-state index in [4.69, 9.17) is 10.1 Å². The number of hydrogen-bond acceptors (Lipinski definition) is 6. The number of nitrogens with zero attached hydrogens (tertiary/aromatic N) is 3. The summed E-state index contributed by atoms with van der Waals surface area (Å²) in [6, 6.07) is 3.75. The Kier molecular flexibility index (Phi) is 3.86. The summed E-state index contributed by atoms with van der Waals surface area (Å²) < 4.78 is 0. The lowest BCUT2D eigenvalue weighted by atomic mass is 9.97. The van der Waals surface area contributed by atoms with Gasteiger partial charge in [0.1, 0.15) is 17.2 Å². The second-order valence-corrected chi connectivity index (χ2v) is 6.86. The highest BCUT2D eigenvalue weighted by Gasteiger charge is 2.21. The van der Waals surface area contributed by atoms with Crippen LogP contribution in [0.4, 0.5) is 5.82 Å². The van der Waals surface area contributed by atoms with Crippen LogP contribution in [0.5, 0.6) is 0 Å². The minimum absolute atomic E-state index is 0.163. The minimum Gasteiger partial charge on any atom is -0.480 e. The Morgan fingerprint density at radius 1 is 1.29 bits per heavy atom. The molecule has 0 aliphatic heterocycles. The number of pyridine rings is 1.